The van der Waals surface area contributed by atoms with E-state index in [1.54, 1.807) is 57.2 Å². The maximum absolute atomic E-state index is 14.1. The second-order valence-electron chi connectivity index (χ2n) is 14.5. The lowest BCUT2D eigenvalue weighted by atomic mass is 9.86. The first-order valence-electron chi connectivity index (χ1n) is 18.2. The van der Waals surface area contributed by atoms with Crippen LogP contribution in [0.4, 0.5) is 10.5 Å². The number of ether oxygens (including phenoxy) is 1. The second kappa shape index (κ2) is 18.9. The first kappa shape index (κ1) is 40.3. The SMILES string of the molecule is CC(C)(C)OC(=O)NN[C@@H](Cc1ccc(OP(=O)(O)OCc2ccccc2)cc1)C(=O)N[C@@H]1CSc2ccccc2N(CCCC2CCCCC2)C1=O. The highest BCUT2D eigenvalue weighted by atomic mass is 32.2. The number of hydrogen-bond donors (Lipinski definition) is 4. The molecule has 1 aliphatic carbocycles. The number of phosphoric ester groups is 1. The van der Waals surface area contributed by atoms with E-state index in [4.69, 9.17) is 13.8 Å². The fourth-order valence-corrected chi connectivity index (χ4v) is 8.27. The predicted molar refractivity (Wildman–Crippen MR) is 205 cm³/mol. The van der Waals surface area contributed by atoms with Crippen molar-refractivity contribution in [3.05, 3.63) is 90.0 Å². The first-order valence-corrected chi connectivity index (χ1v) is 20.7. The van der Waals surface area contributed by atoms with Crippen molar-refractivity contribution in [2.75, 3.05) is 17.2 Å². The van der Waals surface area contributed by atoms with Crippen molar-refractivity contribution in [3.8, 4) is 5.75 Å². The van der Waals surface area contributed by atoms with E-state index in [1.165, 1.54) is 56.0 Å². The summed E-state index contributed by atoms with van der Waals surface area (Å²) in [7, 11) is -4.42. The molecular formula is C39H51N4O8PS. The van der Waals surface area contributed by atoms with Crippen molar-refractivity contribution in [3.63, 3.8) is 0 Å². The molecule has 286 valence electrons. The predicted octanol–water partition coefficient (Wildman–Crippen LogP) is 7.31. The molecule has 1 unspecified atom stereocenters. The number of thioether (sulfide) groups is 1. The van der Waals surface area contributed by atoms with E-state index in [1.807, 2.05) is 35.2 Å². The standard InChI is InChI=1S/C39H51N4O8PS/c1-39(2,3)50-38(46)42-41-32(25-29-20-22-31(23-21-29)51-52(47,48)49-26-30-15-8-5-9-16-30)36(44)40-33-27-53-35-19-11-10-18-34(35)43(37(33)45)24-12-17-28-13-6-4-7-14-28/h5,8-11,15-16,18-23,28,32-33,41H,4,6-7,12-14,17,24-27H2,1-3H3,(H,40,44)(H,42,46)(H,47,48)/t32-,33+/m0/s1. The summed E-state index contributed by atoms with van der Waals surface area (Å²) in [4.78, 5) is 53.7. The van der Waals surface area contributed by atoms with Gasteiger partial charge in [-0.25, -0.2) is 14.8 Å². The van der Waals surface area contributed by atoms with Crippen LogP contribution in [-0.4, -0.2) is 52.8 Å². The van der Waals surface area contributed by atoms with Crippen LogP contribution in [0.5, 0.6) is 5.75 Å². The quantitative estimate of drug-likeness (QED) is 0.0915. The zero-order valence-corrected chi connectivity index (χ0v) is 32.3. The Labute approximate surface area is 316 Å². The third-order valence-corrected chi connectivity index (χ3v) is 11.1. The van der Waals surface area contributed by atoms with E-state index in [2.05, 4.69) is 16.2 Å². The summed E-state index contributed by atoms with van der Waals surface area (Å²) in [5, 5.41) is 2.96. The Bertz CT molecular complexity index is 1720. The molecule has 3 atom stereocenters. The largest absolute Gasteiger partial charge is 0.527 e. The Balaban J connectivity index is 1.26. The molecule has 1 saturated carbocycles. The van der Waals surface area contributed by atoms with Crippen molar-refractivity contribution >= 4 is 43.2 Å². The molecule has 53 heavy (non-hydrogen) atoms. The highest BCUT2D eigenvalue weighted by Gasteiger charge is 2.34. The van der Waals surface area contributed by atoms with Gasteiger partial charge in [0, 0.05) is 17.2 Å². The van der Waals surface area contributed by atoms with Gasteiger partial charge in [0.1, 0.15) is 23.4 Å². The third kappa shape index (κ3) is 12.9. The number of nitrogens with one attached hydrogen (secondary N) is 3. The molecule has 1 fully saturated rings. The Morgan fingerprint density at radius 3 is 2.38 bits per heavy atom. The number of carbonyl (C=O) groups excluding carboxylic acids is 3. The fourth-order valence-electron chi connectivity index (χ4n) is 6.44. The van der Waals surface area contributed by atoms with Crippen LogP contribution in [0.15, 0.2) is 83.8 Å². The van der Waals surface area contributed by atoms with Gasteiger partial charge in [-0.2, -0.15) is 0 Å². The van der Waals surface area contributed by atoms with Crippen molar-refractivity contribution < 1.29 is 37.6 Å². The summed E-state index contributed by atoms with van der Waals surface area (Å²) in [5.74, 6) is 0.451. The number of phosphoric acid groups is 1. The summed E-state index contributed by atoms with van der Waals surface area (Å²) in [6.07, 6.45) is 7.59. The Morgan fingerprint density at radius 2 is 1.66 bits per heavy atom. The maximum atomic E-state index is 14.1. The van der Waals surface area contributed by atoms with Crippen LogP contribution in [0.3, 0.4) is 0 Å². The Kier molecular flexibility index (Phi) is 14.4. The average Bonchev–Trinajstić information content (AvgIpc) is 3.25. The Hall–Kier alpha value is -3.87. The molecule has 0 radical (unpaired) electrons. The zero-order chi connectivity index (χ0) is 37.8. The number of amides is 3. The molecule has 3 amide bonds. The fraction of sp³-hybridized carbons (Fsp3) is 0.462. The lowest BCUT2D eigenvalue weighted by Crippen LogP contribution is -2.58. The molecule has 0 spiro atoms. The van der Waals surface area contributed by atoms with E-state index >= 15 is 0 Å². The highest BCUT2D eigenvalue weighted by molar-refractivity contribution is 7.99. The van der Waals surface area contributed by atoms with Gasteiger partial charge in [0.05, 0.1) is 12.3 Å². The molecule has 3 aromatic rings. The minimum absolute atomic E-state index is 0.0859. The average molecular weight is 767 g/mol. The molecular weight excluding hydrogens is 715 g/mol. The topological polar surface area (TPSA) is 156 Å². The summed E-state index contributed by atoms with van der Waals surface area (Å²) in [5.41, 5.74) is 6.70. The number of carbonyl (C=O) groups is 3. The smallest absolute Gasteiger partial charge is 0.443 e. The molecule has 0 aromatic heterocycles. The van der Waals surface area contributed by atoms with E-state index in [-0.39, 0.29) is 24.7 Å². The number of para-hydroxylation sites is 1. The van der Waals surface area contributed by atoms with Crippen LogP contribution >= 0.6 is 19.6 Å². The molecule has 4 N–H and O–H groups in total. The molecule has 0 saturated heterocycles. The van der Waals surface area contributed by atoms with Gasteiger partial charge in [0.15, 0.2) is 0 Å². The van der Waals surface area contributed by atoms with E-state index in [9.17, 15) is 23.8 Å². The minimum atomic E-state index is -4.42. The number of hydrazine groups is 1. The Morgan fingerprint density at radius 1 is 0.962 bits per heavy atom. The van der Waals surface area contributed by atoms with Gasteiger partial charge in [-0.15, -0.1) is 11.8 Å². The molecule has 2 aliphatic rings. The van der Waals surface area contributed by atoms with E-state index in [0.29, 0.717) is 29.3 Å². The summed E-state index contributed by atoms with van der Waals surface area (Å²) in [6, 6.07) is 21.2. The number of rotatable bonds is 15. The number of anilines is 1. The van der Waals surface area contributed by atoms with Gasteiger partial charge in [0.2, 0.25) is 11.8 Å². The lowest BCUT2D eigenvalue weighted by Gasteiger charge is -2.28. The van der Waals surface area contributed by atoms with Gasteiger partial charge >= 0.3 is 13.9 Å². The van der Waals surface area contributed by atoms with Crippen LogP contribution in [0.1, 0.15) is 76.8 Å². The van der Waals surface area contributed by atoms with Crippen molar-refractivity contribution in [2.24, 2.45) is 5.92 Å². The van der Waals surface area contributed by atoms with Gasteiger partial charge in [-0.1, -0.05) is 86.7 Å². The summed E-state index contributed by atoms with van der Waals surface area (Å²) >= 11 is 1.52. The van der Waals surface area contributed by atoms with Gasteiger partial charge < -0.3 is 19.5 Å². The van der Waals surface area contributed by atoms with Crippen LogP contribution in [0, 0.1) is 5.92 Å². The van der Waals surface area contributed by atoms with Gasteiger partial charge in [-0.3, -0.25) is 24.4 Å². The number of nitrogens with zero attached hydrogens (tertiary/aromatic N) is 1. The summed E-state index contributed by atoms with van der Waals surface area (Å²) in [6.45, 7) is 5.64. The maximum Gasteiger partial charge on any atom is 0.527 e. The van der Waals surface area contributed by atoms with Crippen molar-refractivity contribution in [1.82, 2.24) is 16.2 Å². The van der Waals surface area contributed by atoms with Crippen molar-refractivity contribution in [1.29, 1.82) is 0 Å². The van der Waals surface area contributed by atoms with Crippen LogP contribution in [0.2, 0.25) is 0 Å². The number of hydrogen-bond acceptors (Lipinski definition) is 9. The monoisotopic (exact) mass is 766 g/mol. The minimum Gasteiger partial charge on any atom is -0.443 e. The molecule has 14 heteroatoms. The normalized spacial score (nSPS) is 18.2. The molecule has 3 aromatic carbocycles. The number of benzene rings is 3. The third-order valence-electron chi connectivity index (χ3n) is 9.05. The summed E-state index contributed by atoms with van der Waals surface area (Å²) < 4.78 is 28.3. The molecule has 1 heterocycles. The highest BCUT2D eigenvalue weighted by Crippen LogP contribution is 2.44. The van der Waals surface area contributed by atoms with Gasteiger partial charge in [-0.05, 0) is 81.3 Å². The van der Waals surface area contributed by atoms with Crippen LogP contribution in [0.25, 0.3) is 0 Å². The lowest BCUT2D eigenvalue weighted by molar-refractivity contribution is -0.128. The zero-order valence-electron chi connectivity index (χ0n) is 30.6. The molecule has 0 bridgehead atoms. The van der Waals surface area contributed by atoms with Gasteiger partial charge in [0.25, 0.3) is 0 Å². The number of fused-ring (bicyclic) bond motifs is 1. The molecule has 12 nitrogen and oxygen atoms in total. The van der Waals surface area contributed by atoms with Crippen LogP contribution < -0.4 is 25.6 Å². The van der Waals surface area contributed by atoms with E-state index < -0.39 is 37.5 Å². The van der Waals surface area contributed by atoms with Crippen molar-refractivity contribution in [2.45, 2.75) is 101 Å². The second-order valence-corrected chi connectivity index (χ2v) is 16.9. The van der Waals surface area contributed by atoms with E-state index in [0.717, 1.165) is 23.4 Å². The molecule has 5 rings (SSSR count). The molecule has 1 aliphatic heterocycles. The van der Waals surface area contributed by atoms with Crippen LogP contribution in [-0.2, 0) is 36.4 Å². The first-order chi connectivity index (χ1) is 25.3.